The molecule has 35 heavy (non-hydrogen) atoms. The number of hydrogen-bond donors (Lipinski definition) is 1. The summed E-state index contributed by atoms with van der Waals surface area (Å²) >= 11 is 8.52. The lowest BCUT2D eigenvalue weighted by atomic mass is 9.52. The first-order valence-electron chi connectivity index (χ1n) is 13.0. The topological polar surface area (TPSA) is 45.3 Å². The first kappa shape index (κ1) is 22.1. The average molecular weight is 507 g/mol. The van der Waals surface area contributed by atoms with E-state index in [1.54, 1.807) is 11.8 Å². The average Bonchev–Trinajstić information content (AvgIpc) is 3.39. The van der Waals surface area contributed by atoms with E-state index in [4.69, 9.17) is 16.3 Å². The first-order chi connectivity index (χ1) is 17.0. The van der Waals surface area contributed by atoms with E-state index in [0.717, 1.165) is 50.7 Å². The monoisotopic (exact) mass is 506 g/mol. The number of fused-ring (bicyclic) bond motifs is 1. The smallest absolute Gasteiger partial charge is 0.234 e. The third kappa shape index (κ3) is 3.45. The lowest BCUT2D eigenvalue weighted by molar-refractivity contribution is -0.148. The molecule has 182 valence electrons. The summed E-state index contributed by atoms with van der Waals surface area (Å²) in [6, 6.07) is 14.3. The van der Waals surface area contributed by atoms with Gasteiger partial charge in [-0.1, -0.05) is 29.8 Å². The summed E-state index contributed by atoms with van der Waals surface area (Å²) in [5, 5.41) is 1.84. The molecular formula is C29H31ClN2O2S. The van der Waals surface area contributed by atoms with E-state index in [2.05, 4.69) is 28.1 Å². The number of ether oxygens (including phenoxy) is 1. The Balaban J connectivity index is 1.41. The second-order valence-corrected chi connectivity index (χ2v) is 12.6. The largest absolute Gasteiger partial charge is 0.494 e. The third-order valence-corrected chi connectivity index (χ3v) is 10.4. The van der Waals surface area contributed by atoms with Gasteiger partial charge in [-0.3, -0.25) is 4.79 Å². The zero-order chi connectivity index (χ0) is 23.7. The fraction of sp³-hybridized carbons (Fsp3) is 0.483. The third-order valence-electron chi connectivity index (χ3n) is 8.90. The zero-order valence-corrected chi connectivity index (χ0v) is 21.6. The quantitative estimate of drug-likeness (QED) is 0.391. The van der Waals surface area contributed by atoms with Crippen LogP contribution in [0.15, 0.2) is 42.5 Å². The molecule has 0 radical (unpaired) electrons. The van der Waals surface area contributed by atoms with Crippen LogP contribution in [-0.4, -0.2) is 33.7 Å². The van der Waals surface area contributed by atoms with Gasteiger partial charge in [-0.05, 0) is 87.5 Å². The van der Waals surface area contributed by atoms with E-state index in [1.807, 2.05) is 31.2 Å². The summed E-state index contributed by atoms with van der Waals surface area (Å²) in [7, 11) is 0. The molecule has 1 aromatic heterocycles. The van der Waals surface area contributed by atoms with Crippen LogP contribution in [0.1, 0.15) is 56.4 Å². The van der Waals surface area contributed by atoms with Gasteiger partial charge in [0.2, 0.25) is 5.91 Å². The van der Waals surface area contributed by atoms with Crippen LogP contribution in [0.25, 0.3) is 22.2 Å². The molecule has 1 atom stereocenters. The van der Waals surface area contributed by atoms with Crippen molar-refractivity contribution in [3.8, 4) is 17.0 Å². The van der Waals surface area contributed by atoms with Crippen molar-refractivity contribution in [1.29, 1.82) is 0 Å². The SMILES string of the molecule is CCOc1ccc2[nH]c(-c3ccccc3Cl)c(C3SCC(=O)N3C34CC5CC(CC(C5)C3)C4)c2c1. The summed E-state index contributed by atoms with van der Waals surface area (Å²) in [4.78, 5) is 19.7. The maximum Gasteiger partial charge on any atom is 0.234 e. The van der Waals surface area contributed by atoms with Crippen LogP contribution in [0.5, 0.6) is 5.75 Å². The normalized spacial score (nSPS) is 31.6. The molecule has 5 fully saturated rings. The molecule has 0 spiro atoms. The van der Waals surface area contributed by atoms with Crippen molar-refractivity contribution in [2.45, 2.75) is 56.4 Å². The number of hydrogen-bond acceptors (Lipinski definition) is 3. The molecule has 6 heteroatoms. The number of amides is 1. The molecular weight excluding hydrogens is 476 g/mol. The van der Waals surface area contributed by atoms with Gasteiger partial charge in [-0.2, -0.15) is 0 Å². The number of aromatic amines is 1. The second kappa shape index (κ2) is 8.21. The minimum absolute atomic E-state index is 0.0128. The number of benzene rings is 2. The van der Waals surface area contributed by atoms with E-state index >= 15 is 0 Å². The van der Waals surface area contributed by atoms with Crippen LogP contribution in [0.3, 0.4) is 0 Å². The Morgan fingerprint density at radius 3 is 2.49 bits per heavy atom. The highest BCUT2D eigenvalue weighted by molar-refractivity contribution is 8.00. The molecule has 4 aliphatic carbocycles. The Morgan fingerprint density at radius 2 is 1.80 bits per heavy atom. The number of rotatable bonds is 5. The van der Waals surface area contributed by atoms with Crippen molar-refractivity contribution in [2.75, 3.05) is 12.4 Å². The Morgan fingerprint density at radius 1 is 1.09 bits per heavy atom. The predicted molar refractivity (Wildman–Crippen MR) is 143 cm³/mol. The zero-order valence-electron chi connectivity index (χ0n) is 20.1. The highest BCUT2D eigenvalue weighted by Crippen LogP contribution is 2.62. The lowest BCUT2D eigenvalue weighted by Crippen LogP contribution is -2.60. The van der Waals surface area contributed by atoms with Crippen LogP contribution in [-0.2, 0) is 4.79 Å². The molecule has 1 unspecified atom stereocenters. The predicted octanol–water partition coefficient (Wildman–Crippen LogP) is 7.43. The molecule has 1 aliphatic heterocycles. The summed E-state index contributed by atoms with van der Waals surface area (Å²) < 4.78 is 5.89. The van der Waals surface area contributed by atoms with Gasteiger partial charge in [0.1, 0.15) is 11.1 Å². The Labute approximate surface area is 215 Å². The molecule has 4 saturated carbocycles. The standard InChI is InChI=1S/C29H31ClN2O2S/c1-2-34-20-7-8-24-22(12-20)26(27(31-24)21-5-3-4-6-23(21)30)28-32(25(33)16-35-28)29-13-17-9-18(14-29)11-19(10-17)15-29/h3-8,12,17-19,28,31H,2,9-11,13-16H2,1H3. The molecule has 1 amide bonds. The fourth-order valence-corrected chi connectivity index (χ4v) is 9.66. The van der Waals surface area contributed by atoms with Crippen molar-refractivity contribution in [3.63, 3.8) is 0 Å². The number of thioether (sulfide) groups is 1. The van der Waals surface area contributed by atoms with Crippen molar-refractivity contribution < 1.29 is 9.53 Å². The fourth-order valence-electron chi connectivity index (χ4n) is 8.09. The van der Waals surface area contributed by atoms with Crippen molar-refractivity contribution in [1.82, 2.24) is 9.88 Å². The highest BCUT2D eigenvalue weighted by Gasteiger charge is 2.58. The molecule has 4 bridgehead atoms. The van der Waals surface area contributed by atoms with Crippen LogP contribution in [0.4, 0.5) is 0 Å². The van der Waals surface area contributed by atoms with Gasteiger partial charge in [0.05, 0.1) is 18.1 Å². The molecule has 4 nitrogen and oxygen atoms in total. The van der Waals surface area contributed by atoms with Gasteiger partial charge in [0, 0.05) is 32.6 Å². The second-order valence-electron chi connectivity index (χ2n) is 11.1. The number of nitrogens with zero attached hydrogens (tertiary/aromatic N) is 1. The Kier molecular flexibility index (Phi) is 5.19. The van der Waals surface area contributed by atoms with Gasteiger partial charge < -0.3 is 14.6 Å². The van der Waals surface area contributed by atoms with E-state index in [9.17, 15) is 4.79 Å². The molecule has 2 aromatic carbocycles. The maximum absolute atomic E-state index is 13.7. The summed E-state index contributed by atoms with van der Waals surface area (Å²) in [6.07, 6.45) is 7.64. The molecule has 8 rings (SSSR count). The molecule has 1 N–H and O–H groups in total. The molecule has 1 saturated heterocycles. The van der Waals surface area contributed by atoms with Crippen molar-refractivity contribution in [2.24, 2.45) is 17.8 Å². The van der Waals surface area contributed by atoms with Crippen molar-refractivity contribution >= 4 is 40.2 Å². The highest BCUT2D eigenvalue weighted by atomic mass is 35.5. The summed E-state index contributed by atoms with van der Waals surface area (Å²) in [6.45, 7) is 2.64. The Bertz CT molecular complexity index is 1280. The van der Waals surface area contributed by atoms with Crippen LogP contribution in [0, 0.1) is 17.8 Å². The number of H-pyrrole nitrogens is 1. The van der Waals surface area contributed by atoms with Gasteiger partial charge in [0.25, 0.3) is 0 Å². The van der Waals surface area contributed by atoms with Gasteiger partial charge in [-0.15, -0.1) is 11.8 Å². The summed E-state index contributed by atoms with van der Waals surface area (Å²) in [5.74, 6) is 4.08. The molecule has 2 heterocycles. The first-order valence-corrected chi connectivity index (χ1v) is 14.4. The number of carbonyl (C=O) groups is 1. The minimum Gasteiger partial charge on any atom is -0.494 e. The van der Waals surface area contributed by atoms with Crippen LogP contribution in [0.2, 0.25) is 5.02 Å². The van der Waals surface area contributed by atoms with Crippen molar-refractivity contribution in [3.05, 3.63) is 53.1 Å². The van der Waals surface area contributed by atoms with Crippen LogP contribution < -0.4 is 4.74 Å². The Hall–Kier alpha value is -2.11. The van der Waals surface area contributed by atoms with Gasteiger partial charge in [-0.25, -0.2) is 0 Å². The lowest BCUT2D eigenvalue weighted by Gasteiger charge is -2.60. The van der Waals surface area contributed by atoms with Crippen LogP contribution >= 0.6 is 23.4 Å². The van der Waals surface area contributed by atoms with E-state index in [-0.39, 0.29) is 10.9 Å². The van der Waals surface area contributed by atoms with Gasteiger partial charge >= 0.3 is 0 Å². The van der Waals surface area contributed by atoms with Gasteiger partial charge in [0.15, 0.2) is 0 Å². The van der Waals surface area contributed by atoms with E-state index < -0.39 is 0 Å². The molecule has 3 aromatic rings. The number of nitrogens with one attached hydrogen (secondary N) is 1. The maximum atomic E-state index is 13.7. The summed E-state index contributed by atoms with van der Waals surface area (Å²) in [5.41, 5.74) is 4.27. The number of carbonyl (C=O) groups excluding carboxylic acids is 1. The number of aromatic nitrogens is 1. The molecule has 5 aliphatic rings. The number of halogens is 1. The van der Waals surface area contributed by atoms with E-state index in [1.165, 1.54) is 44.1 Å². The van der Waals surface area contributed by atoms with E-state index in [0.29, 0.717) is 18.3 Å². The minimum atomic E-state index is -0.0179.